The van der Waals surface area contributed by atoms with Gasteiger partial charge in [-0.1, -0.05) is 30.3 Å². The van der Waals surface area contributed by atoms with Gasteiger partial charge in [-0.3, -0.25) is 4.90 Å². The monoisotopic (exact) mass is 454 g/mol. The van der Waals surface area contributed by atoms with Gasteiger partial charge in [0.2, 0.25) is 0 Å². The third kappa shape index (κ3) is 6.25. The number of hydrogen-bond donors (Lipinski definition) is 0. The molecule has 0 amide bonds. The molecule has 2 aliphatic rings. The first-order chi connectivity index (χ1) is 13.8. The van der Waals surface area contributed by atoms with Gasteiger partial charge in [0.15, 0.2) is 0 Å². The molecular weight excluding hydrogens is 423 g/mol. The van der Waals surface area contributed by atoms with Crippen molar-refractivity contribution in [1.29, 1.82) is 0 Å². The Labute approximate surface area is 192 Å². The number of anilines is 1. The summed E-state index contributed by atoms with van der Waals surface area (Å²) in [6.07, 6.45) is 0. The number of morpholine rings is 1. The summed E-state index contributed by atoms with van der Waals surface area (Å²) >= 11 is 0. The third-order valence-corrected chi connectivity index (χ3v) is 5.57. The van der Waals surface area contributed by atoms with E-state index in [9.17, 15) is 0 Å². The van der Waals surface area contributed by atoms with Crippen molar-refractivity contribution in [3.8, 4) is 5.75 Å². The fourth-order valence-electron chi connectivity index (χ4n) is 4.18. The zero-order valence-electron chi connectivity index (χ0n) is 17.5. The van der Waals surface area contributed by atoms with E-state index in [-0.39, 0.29) is 24.8 Å². The van der Waals surface area contributed by atoms with Crippen LogP contribution in [0.1, 0.15) is 17.0 Å². The number of benzene rings is 2. The van der Waals surface area contributed by atoms with Crippen LogP contribution in [0.5, 0.6) is 5.75 Å². The number of rotatable bonds is 8. The Morgan fingerprint density at radius 1 is 1.00 bits per heavy atom. The van der Waals surface area contributed by atoms with Gasteiger partial charge >= 0.3 is 0 Å². The summed E-state index contributed by atoms with van der Waals surface area (Å²) < 4.78 is 16.4. The van der Waals surface area contributed by atoms with Gasteiger partial charge in [0.05, 0.1) is 19.8 Å². The van der Waals surface area contributed by atoms with Gasteiger partial charge in [-0.15, -0.1) is 24.8 Å². The Kier molecular flexibility index (Phi) is 10.2. The third-order valence-electron chi connectivity index (χ3n) is 5.57. The maximum atomic E-state index is 5.78. The van der Waals surface area contributed by atoms with E-state index in [1.165, 1.54) is 16.8 Å². The molecule has 30 heavy (non-hydrogen) atoms. The van der Waals surface area contributed by atoms with Crippen molar-refractivity contribution in [1.82, 2.24) is 4.90 Å². The molecule has 0 saturated carbocycles. The molecule has 0 aromatic heterocycles. The van der Waals surface area contributed by atoms with E-state index in [1.807, 2.05) is 6.07 Å². The van der Waals surface area contributed by atoms with E-state index >= 15 is 0 Å². The fraction of sp³-hybridized carbons (Fsp3) is 0.478. The minimum atomic E-state index is 0. The highest BCUT2D eigenvalue weighted by Gasteiger charge is 2.30. The zero-order chi connectivity index (χ0) is 19.2. The standard InChI is InChI=1S/C23H30N2O3.2ClH/c1-26-13-14-28-21-6-4-5-19(15-21)16-25-18-20(17-24-9-11-27-12-10-24)22-7-2-3-8-23(22)25;;/h2-8,15,20H,9-14,16-18H2,1H3;2*1H. The first kappa shape index (κ1) is 24.8. The molecule has 2 aliphatic heterocycles. The molecule has 1 saturated heterocycles. The first-order valence-corrected chi connectivity index (χ1v) is 10.2. The highest BCUT2D eigenvalue weighted by Crippen LogP contribution is 2.37. The van der Waals surface area contributed by atoms with Crippen LogP contribution in [0.3, 0.4) is 0 Å². The highest BCUT2D eigenvalue weighted by molar-refractivity contribution is 5.85. The molecule has 166 valence electrons. The van der Waals surface area contributed by atoms with Crippen molar-refractivity contribution in [2.75, 3.05) is 64.6 Å². The number of methoxy groups -OCH3 is 1. The number of para-hydroxylation sites is 1. The quantitative estimate of drug-likeness (QED) is 0.563. The van der Waals surface area contributed by atoms with Crippen LogP contribution in [-0.2, 0) is 16.0 Å². The predicted molar refractivity (Wildman–Crippen MR) is 126 cm³/mol. The van der Waals surface area contributed by atoms with Crippen LogP contribution in [0, 0.1) is 0 Å². The predicted octanol–water partition coefficient (Wildman–Crippen LogP) is 3.99. The zero-order valence-corrected chi connectivity index (χ0v) is 19.1. The van der Waals surface area contributed by atoms with Crippen LogP contribution in [0.15, 0.2) is 48.5 Å². The Hall–Kier alpha value is -1.50. The summed E-state index contributed by atoms with van der Waals surface area (Å²) in [7, 11) is 1.69. The molecule has 1 fully saturated rings. The van der Waals surface area contributed by atoms with Crippen LogP contribution < -0.4 is 9.64 Å². The molecule has 5 nitrogen and oxygen atoms in total. The van der Waals surface area contributed by atoms with E-state index in [4.69, 9.17) is 14.2 Å². The molecule has 0 N–H and O–H groups in total. The van der Waals surface area contributed by atoms with Gasteiger partial charge in [0, 0.05) is 51.4 Å². The van der Waals surface area contributed by atoms with Crippen LogP contribution in [0.4, 0.5) is 5.69 Å². The highest BCUT2D eigenvalue weighted by atomic mass is 35.5. The van der Waals surface area contributed by atoms with E-state index in [2.05, 4.69) is 52.3 Å². The lowest BCUT2D eigenvalue weighted by molar-refractivity contribution is 0.0356. The summed E-state index contributed by atoms with van der Waals surface area (Å²) in [5.41, 5.74) is 4.12. The number of ether oxygens (including phenoxy) is 3. The van der Waals surface area contributed by atoms with Gasteiger partial charge in [-0.25, -0.2) is 0 Å². The van der Waals surface area contributed by atoms with Gasteiger partial charge in [0.1, 0.15) is 12.4 Å². The molecule has 2 heterocycles. The van der Waals surface area contributed by atoms with Gasteiger partial charge in [-0.2, -0.15) is 0 Å². The Balaban J connectivity index is 0.00000160. The minimum absolute atomic E-state index is 0. The van der Waals surface area contributed by atoms with Crippen LogP contribution in [0.2, 0.25) is 0 Å². The summed E-state index contributed by atoms with van der Waals surface area (Å²) in [6, 6.07) is 17.3. The Morgan fingerprint density at radius 3 is 2.60 bits per heavy atom. The lowest BCUT2D eigenvalue weighted by Crippen LogP contribution is -2.39. The van der Waals surface area contributed by atoms with Crippen LogP contribution in [0.25, 0.3) is 0 Å². The number of halogens is 2. The second kappa shape index (κ2) is 12.4. The van der Waals surface area contributed by atoms with Crippen molar-refractivity contribution >= 4 is 30.5 Å². The molecule has 0 aliphatic carbocycles. The largest absolute Gasteiger partial charge is 0.491 e. The SMILES string of the molecule is COCCOc1cccc(CN2CC(CN3CCOCC3)c3ccccc32)c1.Cl.Cl. The number of nitrogens with zero attached hydrogens (tertiary/aromatic N) is 2. The van der Waals surface area contributed by atoms with Gasteiger partial charge in [0.25, 0.3) is 0 Å². The molecular formula is C23H32Cl2N2O3. The second-order valence-electron chi connectivity index (χ2n) is 7.54. The maximum Gasteiger partial charge on any atom is 0.119 e. The first-order valence-electron chi connectivity index (χ1n) is 10.2. The van der Waals surface area contributed by atoms with Crippen molar-refractivity contribution in [2.24, 2.45) is 0 Å². The Bertz CT molecular complexity index is 772. The van der Waals surface area contributed by atoms with E-state index < -0.39 is 0 Å². The lowest BCUT2D eigenvalue weighted by atomic mass is 10.0. The number of hydrogen-bond acceptors (Lipinski definition) is 5. The van der Waals surface area contributed by atoms with E-state index in [0.717, 1.165) is 51.7 Å². The van der Waals surface area contributed by atoms with Crippen molar-refractivity contribution in [3.63, 3.8) is 0 Å². The van der Waals surface area contributed by atoms with Crippen molar-refractivity contribution in [3.05, 3.63) is 59.7 Å². The van der Waals surface area contributed by atoms with Crippen molar-refractivity contribution < 1.29 is 14.2 Å². The van der Waals surface area contributed by atoms with E-state index in [0.29, 0.717) is 19.1 Å². The second-order valence-corrected chi connectivity index (χ2v) is 7.54. The summed E-state index contributed by atoms with van der Waals surface area (Å²) in [6.45, 7) is 8.04. The molecule has 0 radical (unpaired) electrons. The summed E-state index contributed by atoms with van der Waals surface area (Å²) in [4.78, 5) is 5.05. The van der Waals surface area contributed by atoms with Crippen molar-refractivity contribution in [2.45, 2.75) is 12.5 Å². The molecule has 1 unspecified atom stereocenters. The number of fused-ring (bicyclic) bond motifs is 1. The maximum absolute atomic E-state index is 5.78. The lowest BCUT2D eigenvalue weighted by Gasteiger charge is -2.29. The minimum Gasteiger partial charge on any atom is -0.491 e. The average Bonchev–Trinajstić information content (AvgIpc) is 3.07. The van der Waals surface area contributed by atoms with Gasteiger partial charge < -0.3 is 19.1 Å². The molecule has 4 rings (SSSR count). The van der Waals surface area contributed by atoms with Crippen LogP contribution >= 0.6 is 24.8 Å². The molecule has 0 spiro atoms. The van der Waals surface area contributed by atoms with Gasteiger partial charge in [-0.05, 0) is 29.3 Å². The fourth-order valence-corrected chi connectivity index (χ4v) is 4.18. The average molecular weight is 455 g/mol. The Morgan fingerprint density at radius 2 is 1.80 bits per heavy atom. The van der Waals surface area contributed by atoms with Crippen LogP contribution in [-0.4, -0.2) is 64.6 Å². The normalized spacial score (nSPS) is 18.3. The molecule has 1 atom stereocenters. The summed E-state index contributed by atoms with van der Waals surface area (Å²) in [5, 5.41) is 0. The molecule has 0 bridgehead atoms. The molecule has 2 aromatic rings. The smallest absolute Gasteiger partial charge is 0.119 e. The van der Waals surface area contributed by atoms with E-state index in [1.54, 1.807) is 7.11 Å². The summed E-state index contributed by atoms with van der Waals surface area (Å²) in [5.74, 6) is 1.46. The molecule has 2 aromatic carbocycles. The topological polar surface area (TPSA) is 34.2 Å². The molecule has 7 heteroatoms.